The maximum absolute atomic E-state index is 5.23. The molecule has 1 saturated heterocycles. The highest BCUT2D eigenvalue weighted by atomic mass is 16.5. The minimum absolute atomic E-state index is 0.596. The molecule has 1 aromatic carbocycles. The SMILES string of the molecule is COc1ccc(CN2CC(C(C)C)NCCC2C)cc1. The quantitative estimate of drug-likeness (QED) is 0.915. The van der Waals surface area contributed by atoms with Crippen molar-refractivity contribution in [3.8, 4) is 5.75 Å². The fourth-order valence-electron chi connectivity index (χ4n) is 2.79. The molecule has 0 saturated carbocycles. The number of rotatable bonds is 4. The van der Waals surface area contributed by atoms with Crippen LogP contribution in [0.25, 0.3) is 0 Å². The average molecular weight is 276 g/mol. The van der Waals surface area contributed by atoms with E-state index in [4.69, 9.17) is 4.74 Å². The van der Waals surface area contributed by atoms with Crippen LogP contribution in [0.5, 0.6) is 5.75 Å². The third kappa shape index (κ3) is 3.97. The molecule has 1 N–H and O–H groups in total. The predicted octanol–water partition coefficient (Wildman–Crippen LogP) is 2.90. The zero-order valence-corrected chi connectivity index (χ0v) is 13.2. The van der Waals surface area contributed by atoms with E-state index in [0.717, 1.165) is 25.4 Å². The van der Waals surface area contributed by atoms with Crippen molar-refractivity contribution in [1.29, 1.82) is 0 Å². The molecule has 1 aliphatic heterocycles. The van der Waals surface area contributed by atoms with Gasteiger partial charge < -0.3 is 10.1 Å². The van der Waals surface area contributed by atoms with Gasteiger partial charge in [0.15, 0.2) is 0 Å². The number of nitrogens with zero attached hydrogens (tertiary/aromatic N) is 1. The van der Waals surface area contributed by atoms with Crippen LogP contribution in [0, 0.1) is 5.92 Å². The van der Waals surface area contributed by atoms with E-state index >= 15 is 0 Å². The van der Waals surface area contributed by atoms with Crippen molar-refractivity contribution in [2.24, 2.45) is 5.92 Å². The summed E-state index contributed by atoms with van der Waals surface area (Å²) < 4.78 is 5.23. The van der Waals surface area contributed by atoms with Gasteiger partial charge in [-0.2, -0.15) is 0 Å². The molecule has 3 nitrogen and oxygen atoms in total. The van der Waals surface area contributed by atoms with Crippen LogP contribution < -0.4 is 10.1 Å². The van der Waals surface area contributed by atoms with E-state index in [9.17, 15) is 0 Å². The lowest BCUT2D eigenvalue weighted by Gasteiger charge is -2.30. The molecule has 1 heterocycles. The lowest BCUT2D eigenvalue weighted by Crippen LogP contribution is -2.42. The summed E-state index contributed by atoms with van der Waals surface area (Å²) in [4.78, 5) is 2.60. The lowest BCUT2D eigenvalue weighted by molar-refractivity contribution is 0.184. The Hall–Kier alpha value is -1.06. The van der Waals surface area contributed by atoms with Gasteiger partial charge >= 0.3 is 0 Å². The zero-order chi connectivity index (χ0) is 14.5. The minimum Gasteiger partial charge on any atom is -0.497 e. The molecule has 0 radical (unpaired) electrons. The summed E-state index contributed by atoms with van der Waals surface area (Å²) in [5, 5.41) is 3.68. The predicted molar refractivity (Wildman–Crippen MR) is 84.1 cm³/mol. The van der Waals surface area contributed by atoms with Crippen LogP contribution in [0.3, 0.4) is 0 Å². The Kier molecular flexibility index (Phi) is 5.44. The Balaban J connectivity index is 2.03. The summed E-state index contributed by atoms with van der Waals surface area (Å²) in [5.74, 6) is 1.61. The lowest BCUT2D eigenvalue weighted by atomic mass is 10.0. The van der Waals surface area contributed by atoms with E-state index in [-0.39, 0.29) is 0 Å². The van der Waals surface area contributed by atoms with E-state index in [1.165, 1.54) is 12.0 Å². The normalized spacial score (nSPS) is 24.6. The molecule has 2 unspecified atom stereocenters. The van der Waals surface area contributed by atoms with E-state index in [2.05, 4.69) is 55.3 Å². The van der Waals surface area contributed by atoms with Crippen LogP contribution in [0.4, 0.5) is 0 Å². The van der Waals surface area contributed by atoms with Crippen LogP contribution in [-0.2, 0) is 6.54 Å². The Bertz CT molecular complexity index is 402. The first-order valence-corrected chi connectivity index (χ1v) is 7.70. The molecule has 20 heavy (non-hydrogen) atoms. The van der Waals surface area contributed by atoms with Crippen molar-refractivity contribution in [2.45, 2.75) is 45.8 Å². The van der Waals surface area contributed by atoms with Gasteiger partial charge in [0.1, 0.15) is 5.75 Å². The molecule has 0 spiro atoms. The monoisotopic (exact) mass is 276 g/mol. The van der Waals surface area contributed by atoms with Crippen LogP contribution in [-0.4, -0.2) is 37.2 Å². The molecule has 0 amide bonds. The molecular formula is C17H28N2O. The van der Waals surface area contributed by atoms with Crippen molar-refractivity contribution >= 4 is 0 Å². The first-order valence-electron chi connectivity index (χ1n) is 7.70. The molecule has 0 aromatic heterocycles. The van der Waals surface area contributed by atoms with Gasteiger partial charge in [-0.15, -0.1) is 0 Å². The maximum atomic E-state index is 5.23. The van der Waals surface area contributed by atoms with E-state index < -0.39 is 0 Å². The number of hydrogen-bond acceptors (Lipinski definition) is 3. The highest BCUT2D eigenvalue weighted by Gasteiger charge is 2.24. The molecule has 1 aromatic rings. The third-order valence-corrected chi connectivity index (χ3v) is 4.37. The Morgan fingerprint density at radius 3 is 2.60 bits per heavy atom. The number of methoxy groups -OCH3 is 1. The fraction of sp³-hybridized carbons (Fsp3) is 0.647. The molecule has 1 aliphatic rings. The van der Waals surface area contributed by atoms with Crippen LogP contribution in [0.15, 0.2) is 24.3 Å². The third-order valence-electron chi connectivity index (χ3n) is 4.37. The molecule has 0 bridgehead atoms. The minimum atomic E-state index is 0.596. The number of benzene rings is 1. The molecule has 2 atom stereocenters. The maximum Gasteiger partial charge on any atom is 0.118 e. The summed E-state index contributed by atoms with van der Waals surface area (Å²) in [6.45, 7) is 10.2. The molecule has 2 rings (SSSR count). The Labute approximate surface area is 123 Å². The topological polar surface area (TPSA) is 24.5 Å². The van der Waals surface area contributed by atoms with Crippen molar-refractivity contribution in [3.63, 3.8) is 0 Å². The summed E-state index contributed by atoms with van der Waals surface area (Å²) >= 11 is 0. The summed E-state index contributed by atoms with van der Waals surface area (Å²) in [7, 11) is 1.71. The van der Waals surface area contributed by atoms with Gasteiger partial charge in [0, 0.05) is 25.2 Å². The summed E-state index contributed by atoms with van der Waals surface area (Å²) in [6.07, 6.45) is 1.22. The summed E-state index contributed by atoms with van der Waals surface area (Å²) in [5.41, 5.74) is 1.36. The largest absolute Gasteiger partial charge is 0.497 e. The second-order valence-electron chi connectivity index (χ2n) is 6.22. The van der Waals surface area contributed by atoms with Crippen molar-refractivity contribution in [2.75, 3.05) is 20.2 Å². The number of ether oxygens (including phenoxy) is 1. The fourth-order valence-corrected chi connectivity index (χ4v) is 2.79. The van der Waals surface area contributed by atoms with E-state index in [1.54, 1.807) is 7.11 Å². The molecule has 0 aliphatic carbocycles. The van der Waals surface area contributed by atoms with Crippen LogP contribution >= 0.6 is 0 Å². The smallest absolute Gasteiger partial charge is 0.118 e. The van der Waals surface area contributed by atoms with Gasteiger partial charge in [0.05, 0.1) is 7.11 Å². The van der Waals surface area contributed by atoms with Crippen molar-refractivity contribution in [3.05, 3.63) is 29.8 Å². The Morgan fingerprint density at radius 2 is 2.00 bits per heavy atom. The highest BCUT2D eigenvalue weighted by Crippen LogP contribution is 2.18. The van der Waals surface area contributed by atoms with Crippen LogP contribution in [0.1, 0.15) is 32.8 Å². The van der Waals surface area contributed by atoms with Gasteiger partial charge in [-0.25, -0.2) is 0 Å². The highest BCUT2D eigenvalue weighted by molar-refractivity contribution is 5.27. The molecule has 1 fully saturated rings. The zero-order valence-electron chi connectivity index (χ0n) is 13.2. The first kappa shape index (κ1) is 15.3. The second kappa shape index (κ2) is 7.09. The van der Waals surface area contributed by atoms with Gasteiger partial charge in [-0.05, 0) is 43.5 Å². The molecular weight excluding hydrogens is 248 g/mol. The van der Waals surface area contributed by atoms with Gasteiger partial charge in [-0.1, -0.05) is 26.0 Å². The van der Waals surface area contributed by atoms with Gasteiger partial charge in [-0.3, -0.25) is 4.90 Å². The van der Waals surface area contributed by atoms with Gasteiger partial charge in [0.25, 0.3) is 0 Å². The summed E-state index contributed by atoms with van der Waals surface area (Å²) in [6, 6.07) is 9.68. The standard InChI is InChI=1S/C17H28N2O/c1-13(2)17-12-19(14(3)9-10-18-17)11-15-5-7-16(20-4)8-6-15/h5-8,13-14,17-18H,9-12H2,1-4H3. The van der Waals surface area contributed by atoms with Crippen molar-refractivity contribution < 1.29 is 4.74 Å². The van der Waals surface area contributed by atoms with Crippen LogP contribution in [0.2, 0.25) is 0 Å². The number of hydrogen-bond donors (Lipinski definition) is 1. The van der Waals surface area contributed by atoms with Crippen molar-refractivity contribution in [1.82, 2.24) is 10.2 Å². The second-order valence-corrected chi connectivity index (χ2v) is 6.22. The average Bonchev–Trinajstić information content (AvgIpc) is 2.62. The molecule has 112 valence electrons. The molecule has 3 heteroatoms. The first-order chi connectivity index (χ1) is 9.60. The Morgan fingerprint density at radius 1 is 1.30 bits per heavy atom. The number of nitrogens with one attached hydrogen (secondary N) is 1. The van der Waals surface area contributed by atoms with E-state index in [1.807, 2.05) is 0 Å². The van der Waals surface area contributed by atoms with E-state index in [0.29, 0.717) is 18.0 Å². The van der Waals surface area contributed by atoms with Gasteiger partial charge in [0.2, 0.25) is 0 Å².